The lowest BCUT2D eigenvalue weighted by Gasteiger charge is -2.27. The van der Waals surface area contributed by atoms with Crippen molar-refractivity contribution < 1.29 is 9.18 Å². The maximum Gasteiger partial charge on any atom is 0.216 e. The van der Waals surface area contributed by atoms with E-state index in [1.165, 1.54) is 0 Å². The molecule has 4 aromatic rings. The fourth-order valence-corrected chi connectivity index (χ4v) is 5.00. The summed E-state index contributed by atoms with van der Waals surface area (Å²) in [6, 6.07) is 5.59. The van der Waals surface area contributed by atoms with E-state index in [1.54, 1.807) is 23.8 Å². The number of aromatic nitrogens is 4. The molecule has 3 N–H and O–H groups in total. The number of hydrogen-bond donors (Lipinski definition) is 2. The van der Waals surface area contributed by atoms with Crippen molar-refractivity contribution in [3.8, 4) is 11.3 Å². The average Bonchev–Trinajstić information content (AvgIpc) is 3.35. The van der Waals surface area contributed by atoms with Gasteiger partial charge in [-0.1, -0.05) is 6.07 Å². The fourth-order valence-electron chi connectivity index (χ4n) is 5.00. The minimum Gasteiger partial charge on any atom is -0.382 e. The first-order valence-electron chi connectivity index (χ1n) is 11.0. The minimum absolute atomic E-state index is 0.0104. The number of benzene rings is 1. The molecule has 1 fully saturated rings. The van der Waals surface area contributed by atoms with Gasteiger partial charge in [-0.25, -0.2) is 14.4 Å². The van der Waals surface area contributed by atoms with Gasteiger partial charge in [0.25, 0.3) is 0 Å². The Morgan fingerprint density at radius 3 is 2.72 bits per heavy atom. The summed E-state index contributed by atoms with van der Waals surface area (Å²) in [4.78, 5) is 20.4. The molecule has 0 spiro atoms. The number of nitrogens with two attached hydrogens (primary N) is 1. The molecule has 1 aliphatic rings. The Morgan fingerprint density at radius 1 is 1.19 bits per heavy atom. The van der Waals surface area contributed by atoms with Crippen LogP contribution in [0.3, 0.4) is 0 Å². The molecule has 0 atom stereocenters. The predicted octanol–water partition coefficient (Wildman–Crippen LogP) is 4.02. The van der Waals surface area contributed by atoms with Crippen LogP contribution in [-0.2, 0) is 11.8 Å². The summed E-state index contributed by atoms with van der Waals surface area (Å²) < 4.78 is 19.4. The second-order valence-corrected chi connectivity index (χ2v) is 8.80. The first-order valence-corrected chi connectivity index (χ1v) is 11.0. The van der Waals surface area contributed by atoms with Gasteiger partial charge < -0.3 is 15.6 Å². The van der Waals surface area contributed by atoms with E-state index >= 15 is 4.39 Å². The summed E-state index contributed by atoms with van der Waals surface area (Å²) in [6.07, 6.45) is 9.33. The van der Waals surface area contributed by atoms with E-state index in [2.05, 4.69) is 10.3 Å². The van der Waals surface area contributed by atoms with Gasteiger partial charge in [0.1, 0.15) is 22.9 Å². The van der Waals surface area contributed by atoms with Crippen LogP contribution in [0.25, 0.3) is 27.7 Å². The third kappa shape index (κ3) is 3.39. The highest BCUT2D eigenvalue weighted by Gasteiger charge is 2.28. The molecule has 3 aromatic heterocycles. The molecule has 32 heavy (non-hydrogen) atoms. The Labute approximate surface area is 185 Å². The number of aryl methyl sites for hydroxylation is 1. The number of nitrogen functional groups attached to an aromatic ring is 1. The second-order valence-electron chi connectivity index (χ2n) is 8.80. The van der Waals surface area contributed by atoms with E-state index in [0.717, 1.165) is 36.9 Å². The highest BCUT2D eigenvalue weighted by Crippen LogP contribution is 2.39. The van der Waals surface area contributed by atoms with Gasteiger partial charge in [0.2, 0.25) is 5.91 Å². The number of rotatable bonds is 4. The summed E-state index contributed by atoms with van der Waals surface area (Å²) in [5.74, 6) is 1.67. The summed E-state index contributed by atoms with van der Waals surface area (Å²) in [6.45, 7) is 2.27. The van der Waals surface area contributed by atoms with Gasteiger partial charge >= 0.3 is 0 Å². The topological polar surface area (TPSA) is 90.2 Å². The Kier molecular flexibility index (Phi) is 5.07. The zero-order chi connectivity index (χ0) is 22.4. The third-order valence-corrected chi connectivity index (χ3v) is 6.69. The fraction of sp³-hybridized carbons (Fsp3) is 0.375. The van der Waals surface area contributed by atoms with E-state index < -0.39 is 0 Å². The SMILES string of the molecule is CC(=O)NCC1CCC(c2nc(-c3ccc4ccn(C)c4c3F)c3c(N)nccn23)CC1. The molecule has 0 aliphatic heterocycles. The minimum atomic E-state index is -0.302. The number of hydrogen-bond acceptors (Lipinski definition) is 4. The van der Waals surface area contributed by atoms with Gasteiger partial charge in [0.15, 0.2) is 5.82 Å². The van der Waals surface area contributed by atoms with Crippen LogP contribution in [0, 0.1) is 11.7 Å². The number of imidazole rings is 1. The molecule has 7 nitrogen and oxygen atoms in total. The Bertz CT molecular complexity index is 1320. The molecule has 0 radical (unpaired) electrons. The van der Waals surface area contributed by atoms with Crippen molar-refractivity contribution in [1.29, 1.82) is 0 Å². The highest BCUT2D eigenvalue weighted by atomic mass is 19.1. The van der Waals surface area contributed by atoms with Gasteiger partial charge in [0.05, 0.1) is 5.52 Å². The van der Waals surface area contributed by atoms with Crippen LogP contribution < -0.4 is 11.1 Å². The van der Waals surface area contributed by atoms with Crippen molar-refractivity contribution in [2.75, 3.05) is 12.3 Å². The molecule has 1 aliphatic carbocycles. The van der Waals surface area contributed by atoms with Crippen LogP contribution in [0.1, 0.15) is 44.3 Å². The number of carbonyl (C=O) groups excluding carboxylic acids is 1. The molecule has 1 amide bonds. The average molecular weight is 435 g/mol. The van der Waals surface area contributed by atoms with Crippen molar-refractivity contribution in [2.24, 2.45) is 13.0 Å². The first-order chi connectivity index (χ1) is 15.4. The lowest BCUT2D eigenvalue weighted by Crippen LogP contribution is -2.29. The smallest absolute Gasteiger partial charge is 0.216 e. The number of carbonyl (C=O) groups is 1. The first kappa shape index (κ1) is 20.5. The van der Waals surface area contributed by atoms with Gasteiger partial charge in [-0.2, -0.15) is 0 Å². The van der Waals surface area contributed by atoms with Crippen molar-refractivity contribution in [3.63, 3.8) is 0 Å². The van der Waals surface area contributed by atoms with Gasteiger partial charge in [-0.05, 0) is 43.7 Å². The number of anilines is 1. The summed E-state index contributed by atoms with van der Waals surface area (Å²) >= 11 is 0. The largest absolute Gasteiger partial charge is 0.382 e. The van der Waals surface area contributed by atoms with Crippen molar-refractivity contribution in [3.05, 3.63) is 48.4 Å². The van der Waals surface area contributed by atoms with Gasteiger partial charge in [-0.15, -0.1) is 0 Å². The zero-order valence-corrected chi connectivity index (χ0v) is 18.3. The van der Waals surface area contributed by atoms with E-state index in [1.807, 2.05) is 36.0 Å². The standard InChI is InChI=1S/C24H27FN6O/c1-14(32)28-13-15-3-5-17(6-4-15)24-29-20(22-23(26)27-10-12-31(22)24)18-8-7-16-9-11-30(2)21(16)19(18)25/h7-12,15,17H,3-6,13H2,1-2H3,(H2,26,27)(H,28,32). The molecule has 5 rings (SSSR count). The molecule has 8 heteroatoms. The lowest BCUT2D eigenvalue weighted by atomic mass is 9.81. The van der Waals surface area contributed by atoms with Crippen LogP contribution in [0.5, 0.6) is 0 Å². The molecular weight excluding hydrogens is 407 g/mol. The molecule has 1 saturated carbocycles. The van der Waals surface area contributed by atoms with E-state index in [9.17, 15) is 4.79 Å². The number of nitrogens with zero attached hydrogens (tertiary/aromatic N) is 4. The van der Waals surface area contributed by atoms with Crippen LogP contribution in [0.4, 0.5) is 10.2 Å². The van der Waals surface area contributed by atoms with E-state index in [4.69, 9.17) is 10.7 Å². The molecule has 3 heterocycles. The Balaban J connectivity index is 1.55. The number of amides is 1. The van der Waals surface area contributed by atoms with Crippen LogP contribution >= 0.6 is 0 Å². The quantitative estimate of drug-likeness (QED) is 0.508. The maximum atomic E-state index is 15.6. The van der Waals surface area contributed by atoms with Crippen LogP contribution in [0.2, 0.25) is 0 Å². The van der Waals surface area contributed by atoms with Crippen molar-refractivity contribution in [2.45, 2.75) is 38.5 Å². The van der Waals surface area contributed by atoms with Crippen molar-refractivity contribution >= 4 is 28.1 Å². The molecule has 0 unspecified atom stereocenters. The lowest BCUT2D eigenvalue weighted by molar-refractivity contribution is -0.119. The second kappa shape index (κ2) is 7.93. The van der Waals surface area contributed by atoms with Gasteiger partial charge in [-0.3, -0.25) is 9.20 Å². The van der Waals surface area contributed by atoms with E-state index in [0.29, 0.717) is 40.6 Å². The Hall–Kier alpha value is -3.42. The number of nitrogens with one attached hydrogen (secondary N) is 1. The molecule has 0 saturated heterocycles. The zero-order valence-electron chi connectivity index (χ0n) is 18.3. The van der Waals surface area contributed by atoms with Crippen LogP contribution in [-0.4, -0.2) is 31.4 Å². The molecular formula is C24H27FN6O. The normalized spacial score (nSPS) is 19.0. The van der Waals surface area contributed by atoms with Gasteiger partial charge in [0, 0.05) is 56.0 Å². The molecule has 1 aromatic carbocycles. The van der Waals surface area contributed by atoms with Crippen molar-refractivity contribution in [1.82, 2.24) is 24.3 Å². The Morgan fingerprint density at radius 2 is 1.97 bits per heavy atom. The summed E-state index contributed by atoms with van der Waals surface area (Å²) in [7, 11) is 1.83. The number of fused-ring (bicyclic) bond motifs is 2. The third-order valence-electron chi connectivity index (χ3n) is 6.69. The van der Waals surface area contributed by atoms with Crippen LogP contribution in [0.15, 0.2) is 36.8 Å². The van der Waals surface area contributed by atoms with E-state index in [-0.39, 0.29) is 17.6 Å². The molecule has 0 bridgehead atoms. The predicted molar refractivity (Wildman–Crippen MR) is 123 cm³/mol. The summed E-state index contributed by atoms with van der Waals surface area (Å²) in [5.41, 5.74) is 8.42. The monoisotopic (exact) mass is 434 g/mol. The summed E-state index contributed by atoms with van der Waals surface area (Å²) in [5, 5.41) is 3.78. The highest BCUT2D eigenvalue weighted by molar-refractivity contribution is 5.91. The molecule has 166 valence electrons. The maximum absolute atomic E-state index is 15.6. The number of halogens is 1.